The molecule has 106 valence electrons. The van der Waals surface area contributed by atoms with E-state index in [-0.39, 0.29) is 10.6 Å². The van der Waals surface area contributed by atoms with Crippen LogP contribution in [0, 0.1) is 17.0 Å². The van der Waals surface area contributed by atoms with Crippen LogP contribution in [0.3, 0.4) is 0 Å². The molecule has 1 heterocycles. The van der Waals surface area contributed by atoms with E-state index in [4.69, 9.17) is 4.42 Å². The van der Waals surface area contributed by atoms with Crippen molar-refractivity contribution < 1.29 is 9.34 Å². The maximum absolute atomic E-state index is 10.9. The summed E-state index contributed by atoms with van der Waals surface area (Å²) >= 11 is 0. The molecule has 0 saturated heterocycles. The molecular formula is C14H17N3O3. The smallest absolute Gasteiger partial charge is 0.273 e. The van der Waals surface area contributed by atoms with Crippen molar-refractivity contribution in [3.05, 3.63) is 46.0 Å². The molecule has 0 bridgehead atoms. The van der Waals surface area contributed by atoms with Gasteiger partial charge in [-0.05, 0) is 13.5 Å². The van der Waals surface area contributed by atoms with Crippen molar-refractivity contribution in [3.63, 3.8) is 0 Å². The maximum atomic E-state index is 10.9. The Balaban J connectivity index is 2.24. The molecule has 0 aliphatic rings. The van der Waals surface area contributed by atoms with Crippen molar-refractivity contribution in [3.8, 4) is 11.3 Å². The predicted molar refractivity (Wildman–Crippen MR) is 75.6 cm³/mol. The summed E-state index contributed by atoms with van der Waals surface area (Å²) in [5.74, 6) is 1.20. The van der Waals surface area contributed by atoms with Gasteiger partial charge in [-0.15, -0.1) is 0 Å². The van der Waals surface area contributed by atoms with Crippen LogP contribution in [0.5, 0.6) is 0 Å². The van der Waals surface area contributed by atoms with Gasteiger partial charge in [-0.2, -0.15) is 0 Å². The summed E-state index contributed by atoms with van der Waals surface area (Å²) in [7, 11) is 0. The summed E-state index contributed by atoms with van der Waals surface area (Å²) < 4.78 is 5.66. The van der Waals surface area contributed by atoms with Crippen molar-refractivity contribution in [2.45, 2.75) is 20.3 Å². The van der Waals surface area contributed by atoms with Crippen molar-refractivity contribution in [2.24, 2.45) is 0 Å². The first-order chi connectivity index (χ1) is 9.63. The second-order valence-electron chi connectivity index (χ2n) is 4.43. The molecule has 0 aliphatic heterocycles. The molecule has 0 spiro atoms. The Morgan fingerprint density at radius 2 is 2.25 bits per heavy atom. The first kappa shape index (κ1) is 14.2. The van der Waals surface area contributed by atoms with Gasteiger partial charge in [0, 0.05) is 30.2 Å². The number of hydrogen-bond donors (Lipinski definition) is 1. The standard InChI is InChI=1S/C14H17N3O3/c1-3-15-8-7-14-16-9-13(20-14)11-5-4-6-12(10(11)2)17(18)19/h4-6,9,15H,3,7-8H2,1-2H3. The van der Waals surface area contributed by atoms with Crippen LogP contribution in [0.15, 0.2) is 28.8 Å². The van der Waals surface area contributed by atoms with Crippen LogP contribution in [0.25, 0.3) is 11.3 Å². The zero-order chi connectivity index (χ0) is 14.5. The minimum absolute atomic E-state index is 0.0908. The number of hydrogen-bond acceptors (Lipinski definition) is 5. The highest BCUT2D eigenvalue weighted by molar-refractivity contribution is 5.66. The molecule has 2 rings (SSSR count). The van der Waals surface area contributed by atoms with E-state index in [0.717, 1.165) is 13.1 Å². The highest BCUT2D eigenvalue weighted by Crippen LogP contribution is 2.30. The van der Waals surface area contributed by atoms with E-state index in [1.807, 2.05) is 6.92 Å². The minimum Gasteiger partial charge on any atom is -0.441 e. The maximum Gasteiger partial charge on any atom is 0.273 e. The van der Waals surface area contributed by atoms with Crippen LogP contribution in [0.4, 0.5) is 5.69 Å². The molecule has 0 atom stereocenters. The fourth-order valence-electron chi connectivity index (χ4n) is 2.01. The summed E-state index contributed by atoms with van der Waals surface area (Å²) in [6.45, 7) is 5.45. The third-order valence-electron chi connectivity index (χ3n) is 3.09. The number of nitro benzene ring substituents is 1. The lowest BCUT2D eigenvalue weighted by Crippen LogP contribution is -2.16. The highest BCUT2D eigenvalue weighted by Gasteiger charge is 2.16. The first-order valence-corrected chi connectivity index (χ1v) is 6.53. The van der Waals surface area contributed by atoms with Gasteiger partial charge < -0.3 is 9.73 Å². The Kier molecular flexibility index (Phi) is 4.47. The largest absolute Gasteiger partial charge is 0.441 e. The van der Waals surface area contributed by atoms with E-state index >= 15 is 0 Å². The number of nitrogens with zero attached hydrogens (tertiary/aromatic N) is 2. The molecule has 0 amide bonds. The third-order valence-corrected chi connectivity index (χ3v) is 3.09. The summed E-state index contributed by atoms with van der Waals surface area (Å²) in [6.07, 6.45) is 2.31. The number of likely N-dealkylation sites (N-methyl/N-ethyl adjacent to an activating group) is 1. The lowest BCUT2D eigenvalue weighted by Gasteiger charge is -2.02. The van der Waals surface area contributed by atoms with Crippen molar-refractivity contribution in [2.75, 3.05) is 13.1 Å². The van der Waals surface area contributed by atoms with E-state index in [9.17, 15) is 10.1 Å². The Labute approximate surface area is 117 Å². The van der Waals surface area contributed by atoms with Crippen molar-refractivity contribution in [1.82, 2.24) is 10.3 Å². The Morgan fingerprint density at radius 1 is 1.45 bits per heavy atom. The Morgan fingerprint density at radius 3 is 2.95 bits per heavy atom. The monoisotopic (exact) mass is 275 g/mol. The van der Waals surface area contributed by atoms with E-state index in [2.05, 4.69) is 10.3 Å². The predicted octanol–water partition coefficient (Wildman–Crippen LogP) is 2.71. The number of benzene rings is 1. The number of oxazole rings is 1. The van der Waals surface area contributed by atoms with Gasteiger partial charge in [0.05, 0.1) is 11.1 Å². The molecule has 6 heteroatoms. The molecule has 20 heavy (non-hydrogen) atoms. The van der Waals surface area contributed by atoms with E-state index < -0.39 is 0 Å². The van der Waals surface area contributed by atoms with Crippen LogP contribution in [0.1, 0.15) is 18.4 Å². The van der Waals surface area contributed by atoms with Gasteiger partial charge in [0.15, 0.2) is 11.7 Å². The molecule has 0 aliphatic carbocycles. The number of rotatable bonds is 6. The summed E-state index contributed by atoms with van der Waals surface area (Å²) in [6, 6.07) is 4.94. The first-order valence-electron chi connectivity index (χ1n) is 6.53. The summed E-state index contributed by atoms with van der Waals surface area (Å²) in [5, 5.41) is 14.1. The Bertz CT molecular complexity index is 607. The Hall–Kier alpha value is -2.21. The molecule has 1 aromatic heterocycles. The number of aromatic nitrogens is 1. The van der Waals surface area contributed by atoms with E-state index in [1.165, 1.54) is 6.07 Å². The number of nitrogens with one attached hydrogen (secondary N) is 1. The highest BCUT2D eigenvalue weighted by atomic mass is 16.6. The van der Waals surface area contributed by atoms with Gasteiger partial charge in [0.25, 0.3) is 5.69 Å². The molecule has 0 radical (unpaired) electrons. The second kappa shape index (κ2) is 6.29. The van der Waals surface area contributed by atoms with Gasteiger partial charge in [0.2, 0.25) is 0 Å². The quantitative estimate of drug-likeness (QED) is 0.498. The van der Waals surface area contributed by atoms with Gasteiger partial charge in [-0.3, -0.25) is 10.1 Å². The normalized spacial score (nSPS) is 10.7. The van der Waals surface area contributed by atoms with E-state index in [0.29, 0.717) is 29.2 Å². The molecule has 1 aromatic carbocycles. The molecule has 0 unspecified atom stereocenters. The fourth-order valence-corrected chi connectivity index (χ4v) is 2.01. The minimum atomic E-state index is -0.388. The second-order valence-corrected chi connectivity index (χ2v) is 4.43. The van der Waals surface area contributed by atoms with Crippen LogP contribution < -0.4 is 5.32 Å². The number of nitro groups is 1. The SMILES string of the molecule is CCNCCc1ncc(-c2cccc([N+](=O)[O-])c2C)o1. The lowest BCUT2D eigenvalue weighted by atomic mass is 10.1. The molecular weight excluding hydrogens is 258 g/mol. The third kappa shape index (κ3) is 3.03. The van der Waals surface area contributed by atoms with Gasteiger partial charge >= 0.3 is 0 Å². The van der Waals surface area contributed by atoms with Crippen LogP contribution in [0.2, 0.25) is 0 Å². The zero-order valence-electron chi connectivity index (χ0n) is 11.5. The average molecular weight is 275 g/mol. The molecule has 0 saturated carbocycles. The van der Waals surface area contributed by atoms with Crippen LogP contribution >= 0.6 is 0 Å². The van der Waals surface area contributed by atoms with Gasteiger partial charge in [0.1, 0.15) is 0 Å². The fraction of sp³-hybridized carbons (Fsp3) is 0.357. The van der Waals surface area contributed by atoms with Gasteiger partial charge in [-0.25, -0.2) is 4.98 Å². The van der Waals surface area contributed by atoms with Crippen molar-refractivity contribution in [1.29, 1.82) is 0 Å². The molecule has 1 N–H and O–H groups in total. The topological polar surface area (TPSA) is 81.2 Å². The molecule has 6 nitrogen and oxygen atoms in total. The van der Waals surface area contributed by atoms with Crippen LogP contribution in [-0.4, -0.2) is 23.0 Å². The van der Waals surface area contributed by atoms with Crippen LogP contribution in [-0.2, 0) is 6.42 Å². The summed E-state index contributed by atoms with van der Waals surface area (Å²) in [4.78, 5) is 14.8. The molecule has 0 fully saturated rings. The van der Waals surface area contributed by atoms with Crippen molar-refractivity contribution >= 4 is 5.69 Å². The summed E-state index contributed by atoms with van der Waals surface area (Å²) in [5.41, 5.74) is 1.39. The zero-order valence-corrected chi connectivity index (χ0v) is 11.5. The molecule has 2 aromatic rings. The average Bonchev–Trinajstić information content (AvgIpc) is 2.87. The lowest BCUT2D eigenvalue weighted by molar-refractivity contribution is -0.385. The van der Waals surface area contributed by atoms with Gasteiger partial charge in [-0.1, -0.05) is 19.1 Å². The van der Waals surface area contributed by atoms with E-state index in [1.54, 1.807) is 25.3 Å².